The van der Waals surface area contributed by atoms with Crippen LogP contribution in [0.2, 0.25) is 0 Å². The maximum Gasteiger partial charge on any atom is 0.274 e. The Bertz CT molecular complexity index is 1180. The van der Waals surface area contributed by atoms with Crippen molar-refractivity contribution in [2.24, 2.45) is 5.92 Å². The van der Waals surface area contributed by atoms with E-state index >= 15 is 0 Å². The number of piperidine rings is 1. The van der Waals surface area contributed by atoms with Gasteiger partial charge in [-0.05, 0) is 50.3 Å². The zero-order valence-electron chi connectivity index (χ0n) is 20.1. The minimum atomic E-state index is -0.156. The number of carbonyl (C=O) groups is 2. The van der Waals surface area contributed by atoms with Gasteiger partial charge in [0.2, 0.25) is 0 Å². The number of nitrogens with one attached hydrogen (secondary N) is 1. The highest BCUT2D eigenvalue weighted by Gasteiger charge is 2.35. The van der Waals surface area contributed by atoms with Crippen LogP contribution in [0.4, 0.5) is 0 Å². The van der Waals surface area contributed by atoms with Crippen LogP contribution in [0.15, 0.2) is 48.5 Å². The summed E-state index contributed by atoms with van der Waals surface area (Å²) in [6.45, 7) is 7.01. The van der Waals surface area contributed by atoms with Crippen molar-refractivity contribution < 1.29 is 14.3 Å². The van der Waals surface area contributed by atoms with Crippen molar-refractivity contribution in [2.45, 2.75) is 39.7 Å². The largest absolute Gasteiger partial charge is 0.496 e. The Hall–Kier alpha value is -3.19. The fourth-order valence-electron chi connectivity index (χ4n) is 4.68. The molecule has 0 spiro atoms. The van der Waals surface area contributed by atoms with E-state index in [1.54, 1.807) is 24.5 Å². The molecule has 2 aromatic carbocycles. The first-order chi connectivity index (χ1) is 16.4. The average Bonchev–Trinajstić information content (AvgIpc) is 3.25. The Balaban J connectivity index is 1.56. The van der Waals surface area contributed by atoms with Crippen LogP contribution in [0.25, 0.3) is 10.4 Å². The number of ether oxygens (including phenoxy) is 1. The van der Waals surface area contributed by atoms with Gasteiger partial charge in [-0.3, -0.25) is 9.59 Å². The summed E-state index contributed by atoms with van der Waals surface area (Å²) in [5, 5.41) is 3.94. The van der Waals surface area contributed by atoms with Crippen molar-refractivity contribution >= 4 is 23.2 Å². The molecule has 4 rings (SSSR count). The molecule has 0 bridgehead atoms. The number of amides is 2. The number of hydrogen-bond acceptors (Lipinski definition) is 5. The van der Waals surface area contributed by atoms with Crippen LogP contribution < -0.4 is 10.1 Å². The van der Waals surface area contributed by atoms with Crippen molar-refractivity contribution in [3.63, 3.8) is 0 Å². The highest BCUT2D eigenvalue weighted by molar-refractivity contribution is 7.15. The van der Waals surface area contributed by atoms with Crippen LogP contribution in [0.3, 0.4) is 0 Å². The van der Waals surface area contributed by atoms with E-state index in [1.807, 2.05) is 61.2 Å². The molecule has 0 radical (unpaired) electrons. The van der Waals surface area contributed by atoms with Crippen LogP contribution in [-0.4, -0.2) is 47.9 Å². The van der Waals surface area contributed by atoms with E-state index in [4.69, 9.17) is 4.74 Å². The smallest absolute Gasteiger partial charge is 0.274 e. The van der Waals surface area contributed by atoms with Gasteiger partial charge in [0.25, 0.3) is 11.8 Å². The van der Waals surface area contributed by atoms with Crippen LogP contribution in [0, 0.1) is 19.8 Å². The molecule has 1 aliphatic heterocycles. The summed E-state index contributed by atoms with van der Waals surface area (Å²) in [6, 6.07) is 15.3. The second-order valence-corrected chi connectivity index (χ2v) is 10.0. The molecule has 0 unspecified atom stereocenters. The van der Waals surface area contributed by atoms with E-state index in [1.165, 1.54) is 0 Å². The lowest BCUT2D eigenvalue weighted by Gasteiger charge is -2.40. The number of carbonyl (C=O) groups excluding carboxylic acids is 2. The number of thiazole rings is 1. The lowest BCUT2D eigenvalue weighted by molar-refractivity contribution is 0.0503. The van der Waals surface area contributed by atoms with E-state index in [0.717, 1.165) is 33.9 Å². The Kier molecular flexibility index (Phi) is 7.32. The maximum atomic E-state index is 13.8. The molecule has 178 valence electrons. The summed E-state index contributed by atoms with van der Waals surface area (Å²) in [5.74, 6) is 0.731. The standard InChI is InChI=1S/C27H31N3O3S/c1-17-10-9-15-30(22(17)16-28-26(31)21-13-8-14-23(33-4)18(21)2)27(32)24-25(34-19(3)29-24)20-11-6-5-7-12-20/h5-8,11-14,17,22H,9-10,15-16H2,1-4H3,(H,28,31)/t17-,22-/m1/s1. The fraction of sp³-hybridized carbons (Fsp3) is 0.370. The third kappa shape index (κ3) is 4.85. The van der Waals surface area contributed by atoms with E-state index in [9.17, 15) is 9.59 Å². The first kappa shape index (κ1) is 24.0. The lowest BCUT2D eigenvalue weighted by atomic mass is 9.90. The van der Waals surface area contributed by atoms with Gasteiger partial charge in [-0.15, -0.1) is 11.3 Å². The maximum absolute atomic E-state index is 13.8. The monoisotopic (exact) mass is 477 g/mol. The van der Waals surface area contributed by atoms with Gasteiger partial charge in [0.05, 0.1) is 23.0 Å². The van der Waals surface area contributed by atoms with Crippen LogP contribution in [0.1, 0.15) is 51.2 Å². The number of aromatic nitrogens is 1. The number of likely N-dealkylation sites (tertiary alicyclic amines) is 1. The molecule has 3 aromatic rings. The molecule has 2 heterocycles. The van der Waals surface area contributed by atoms with Gasteiger partial charge in [-0.25, -0.2) is 4.98 Å². The van der Waals surface area contributed by atoms with Gasteiger partial charge in [0.1, 0.15) is 11.4 Å². The van der Waals surface area contributed by atoms with E-state index in [-0.39, 0.29) is 23.8 Å². The average molecular weight is 478 g/mol. The molecular weight excluding hydrogens is 446 g/mol. The molecule has 6 nitrogen and oxygen atoms in total. The highest BCUT2D eigenvalue weighted by atomic mass is 32.1. The van der Waals surface area contributed by atoms with Crippen LogP contribution in [-0.2, 0) is 0 Å². The van der Waals surface area contributed by atoms with Gasteiger partial charge in [0, 0.05) is 24.2 Å². The molecule has 2 amide bonds. The molecule has 1 saturated heterocycles. The minimum Gasteiger partial charge on any atom is -0.496 e. The van der Waals surface area contributed by atoms with Crippen LogP contribution >= 0.6 is 11.3 Å². The molecule has 34 heavy (non-hydrogen) atoms. The number of aryl methyl sites for hydroxylation is 1. The SMILES string of the molecule is COc1cccc(C(=O)NC[C@@H]2[C@H](C)CCCN2C(=O)c2nc(C)sc2-c2ccccc2)c1C. The summed E-state index contributed by atoms with van der Waals surface area (Å²) in [6.07, 6.45) is 1.96. The Morgan fingerprint density at radius 3 is 2.65 bits per heavy atom. The highest BCUT2D eigenvalue weighted by Crippen LogP contribution is 2.33. The van der Waals surface area contributed by atoms with Crippen molar-refractivity contribution in [1.29, 1.82) is 0 Å². The van der Waals surface area contributed by atoms with Gasteiger partial charge < -0.3 is 15.0 Å². The molecule has 7 heteroatoms. The van der Waals surface area contributed by atoms with Crippen molar-refractivity contribution in [1.82, 2.24) is 15.2 Å². The number of nitrogens with zero attached hydrogens (tertiary/aromatic N) is 2. The molecule has 2 atom stereocenters. The molecular formula is C27H31N3O3S. The molecule has 1 fully saturated rings. The second kappa shape index (κ2) is 10.4. The number of rotatable bonds is 6. The summed E-state index contributed by atoms with van der Waals surface area (Å²) >= 11 is 1.54. The van der Waals surface area contributed by atoms with E-state index in [2.05, 4.69) is 17.2 Å². The predicted octanol–water partition coefficient (Wildman–Crippen LogP) is 5.11. The van der Waals surface area contributed by atoms with E-state index < -0.39 is 0 Å². The van der Waals surface area contributed by atoms with Crippen molar-refractivity contribution in [3.05, 3.63) is 70.4 Å². The molecule has 1 aromatic heterocycles. The molecule has 1 N–H and O–H groups in total. The summed E-state index contributed by atoms with van der Waals surface area (Å²) in [4.78, 5) is 34.2. The predicted molar refractivity (Wildman–Crippen MR) is 136 cm³/mol. The Labute approximate surface area is 205 Å². The molecule has 0 aliphatic carbocycles. The molecule has 0 saturated carbocycles. The summed E-state index contributed by atoms with van der Waals surface area (Å²) in [5.41, 5.74) is 2.89. The third-order valence-corrected chi connectivity index (χ3v) is 7.59. The lowest BCUT2D eigenvalue weighted by Crippen LogP contribution is -2.53. The first-order valence-electron chi connectivity index (χ1n) is 11.7. The van der Waals surface area contributed by atoms with E-state index in [0.29, 0.717) is 30.1 Å². The first-order valence-corrected chi connectivity index (χ1v) is 12.5. The number of methoxy groups -OCH3 is 1. The van der Waals surface area contributed by atoms with Gasteiger partial charge >= 0.3 is 0 Å². The van der Waals surface area contributed by atoms with Gasteiger partial charge in [-0.1, -0.05) is 43.3 Å². The number of benzene rings is 2. The normalized spacial score (nSPS) is 17.9. The van der Waals surface area contributed by atoms with Gasteiger partial charge in [0.15, 0.2) is 0 Å². The fourth-order valence-corrected chi connectivity index (χ4v) is 5.60. The topological polar surface area (TPSA) is 71.5 Å². The van der Waals surface area contributed by atoms with Gasteiger partial charge in [-0.2, -0.15) is 0 Å². The summed E-state index contributed by atoms with van der Waals surface area (Å²) in [7, 11) is 1.60. The summed E-state index contributed by atoms with van der Waals surface area (Å²) < 4.78 is 5.36. The zero-order chi connectivity index (χ0) is 24.2. The zero-order valence-corrected chi connectivity index (χ0v) is 20.9. The van der Waals surface area contributed by atoms with Crippen molar-refractivity contribution in [2.75, 3.05) is 20.2 Å². The second-order valence-electron chi connectivity index (χ2n) is 8.80. The Morgan fingerprint density at radius 2 is 1.91 bits per heavy atom. The minimum absolute atomic E-state index is 0.0634. The Morgan fingerprint density at radius 1 is 1.15 bits per heavy atom. The molecule has 1 aliphatic rings. The number of hydrogen-bond donors (Lipinski definition) is 1. The quantitative estimate of drug-likeness (QED) is 0.536. The van der Waals surface area contributed by atoms with Crippen LogP contribution in [0.5, 0.6) is 5.75 Å². The van der Waals surface area contributed by atoms with Crippen molar-refractivity contribution in [3.8, 4) is 16.2 Å². The third-order valence-electron chi connectivity index (χ3n) is 6.57.